The maximum atomic E-state index is 13.0. The highest BCUT2D eigenvalue weighted by molar-refractivity contribution is 5.95. The van der Waals surface area contributed by atoms with Crippen LogP contribution in [-0.4, -0.2) is 65.0 Å². The summed E-state index contributed by atoms with van der Waals surface area (Å²) >= 11 is 0. The first-order valence-corrected chi connectivity index (χ1v) is 9.74. The van der Waals surface area contributed by atoms with Crippen molar-refractivity contribution in [2.45, 2.75) is 31.7 Å². The van der Waals surface area contributed by atoms with Crippen LogP contribution in [-0.2, 0) is 0 Å². The largest absolute Gasteiger partial charge is 0.467 e. The lowest BCUT2D eigenvalue weighted by atomic mass is 10.1. The molecule has 6 heteroatoms. The predicted molar refractivity (Wildman–Crippen MR) is 104 cm³/mol. The highest BCUT2D eigenvalue weighted by Gasteiger charge is 2.31. The van der Waals surface area contributed by atoms with Gasteiger partial charge in [0.25, 0.3) is 5.91 Å². The van der Waals surface area contributed by atoms with Crippen LogP contribution in [0.4, 0.5) is 0 Å². The minimum absolute atomic E-state index is 0.147. The fourth-order valence-corrected chi connectivity index (χ4v) is 4.10. The van der Waals surface area contributed by atoms with Crippen molar-refractivity contribution in [1.29, 1.82) is 0 Å². The van der Waals surface area contributed by atoms with E-state index in [0.29, 0.717) is 12.1 Å². The van der Waals surface area contributed by atoms with E-state index >= 15 is 0 Å². The fraction of sp³-hybridized carbons (Fsp3) is 0.476. The lowest BCUT2D eigenvalue weighted by Crippen LogP contribution is -2.42. The molecule has 1 unspecified atom stereocenters. The maximum absolute atomic E-state index is 13.0. The third-order valence-electron chi connectivity index (χ3n) is 5.58. The molecule has 0 saturated carbocycles. The van der Waals surface area contributed by atoms with Crippen LogP contribution in [0.3, 0.4) is 0 Å². The zero-order chi connectivity index (χ0) is 18.6. The number of rotatable bonds is 5. The van der Waals surface area contributed by atoms with Crippen molar-refractivity contribution < 1.29 is 9.53 Å². The van der Waals surface area contributed by atoms with Crippen LogP contribution in [0, 0.1) is 0 Å². The molecule has 2 fully saturated rings. The average Bonchev–Trinajstić information content (AvgIpc) is 3.40. The molecular formula is C21H26N4O2. The molecule has 0 radical (unpaired) electrons. The average molecular weight is 366 g/mol. The molecule has 0 bridgehead atoms. The first-order valence-electron chi connectivity index (χ1n) is 9.74. The fourth-order valence-electron chi connectivity index (χ4n) is 4.10. The summed E-state index contributed by atoms with van der Waals surface area (Å²) in [5.41, 5.74) is 2.65. The topological polar surface area (TPSA) is 58.6 Å². The third kappa shape index (κ3) is 3.95. The van der Waals surface area contributed by atoms with E-state index in [4.69, 9.17) is 4.74 Å². The van der Waals surface area contributed by atoms with E-state index in [-0.39, 0.29) is 5.91 Å². The molecule has 0 spiro atoms. The number of benzene rings is 1. The van der Waals surface area contributed by atoms with E-state index in [1.165, 1.54) is 25.9 Å². The maximum Gasteiger partial charge on any atom is 0.316 e. The van der Waals surface area contributed by atoms with Gasteiger partial charge in [0.05, 0.1) is 7.11 Å². The standard InChI is InChI=1S/C21H26N4O2/c1-27-21-22-13-18(14-23-21)16-6-8-17(9-7-16)20(26)25-12-4-5-19(25)15-24-10-2-3-11-24/h6-9,13-14,19H,2-5,10-12,15H2,1H3. The number of amides is 1. The van der Waals surface area contributed by atoms with Crippen LogP contribution >= 0.6 is 0 Å². The van der Waals surface area contributed by atoms with E-state index in [1.54, 1.807) is 19.5 Å². The quantitative estimate of drug-likeness (QED) is 0.814. The molecule has 4 rings (SSSR count). The minimum Gasteiger partial charge on any atom is -0.467 e. The zero-order valence-electron chi connectivity index (χ0n) is 15.8. The first kappa shape index (κ1) is 17.9. The summed E-state index contributed by atoms with van der Waals surface area (Å²) in [6.07, 6.45) is 8.26. The van der Waals surface area contributed by atoms with Crippen molar-refractivity contribution in [3.63, 3.8) is 0 Å². The molecule has 27 heavy (non-hydrogen) atoms. The Labute approximate surface area is 160 Å². The summed E-state index contributed by atoms with van der Waals surface area (Å²) in [6.45, 7) is 4.24. The van der Waals surface area contributed by atoms with E-state index in [0.717, 1.165) is 42.6 Å². The molecule has 1 atom stereocenters. The Hall–Kier alpha value is -2.47. The molecule has 2 saturated heterocycles. The van der Waals surface area contributed by atoms with Crippen LogP contribution in [0.5, 0.6) is 6.01 Å². The lowest BCUT2D eigenvalue weighted by Gasteiger charge is -2.28. The number of carbonyl (C=O) groups is 1. The number of likely N-dealkylation sites (tertiary alicyclic amines) is 2. The van der Waals surface area contributed by atoms with Gasteiger partial charge in [-0.2, -0.15) is 0 Å². The number of nitrogens with zero attached hydrogens (tertiary/aromatic N) is 4. The summed E-state index contributed by atoms with van der Waals surface area (Å²) < 4.78 is 4.99. The summed E-state index contributed by atoms with van der Waals surface area (Å²) in [5, 5.41) is 0. The molecule has 2 aromatic rings. The number of methoxy groups -OCH3 is 1. The van der Waals surface area contributed by atoms with Crippen LogP contribution in [0.25, 0.3) is 11.1 Å². The zero-order valence-corrected chi connectivity index (χ0v) is 15.8. The molecule has 1 amide bonds. The SMILES string of the molecule is COc1ncc(-c2ccc(C(=O)N3CCCC3CN3CCCC3)cc2)cn1. The van der Waals surface area contributed by atoms with Gasteiger partial charge in [-0.3, -0.25) is 4.79 Å². The Morgan fingerprint density at radius 1 is 1.04 bits per heavy atom. The molecular weight excluding hydrogens is 340 g/mol. The van der Waals surface area contributed by atoms with Crippen molar-refractivity contribution in [2.75, 3.05) is 33.3 Å². The van der Waals surface area contributed by atoms with Gasteiger partial charge in [0.15, 0.2) is 0 Å². The molecule has 2 aliphatic rings. The lowest BCUT2D eigenvalue weighted by molar-refractivity contribution is 0.0709. The van der Waals surface area contributed by atoms with Gasteiger partial charge in [0.2, 0.25) is 0 Å². The molecule has 142 valence electrons. The van der Waals surface area contributed by atoms with E-state index in [9.17, 15) is 4.79 Å². The van der Waals surface area contributed by atoms with Crippen molar-refractivity contribution in [1.82, 2.24) is 19.8 Å². The van der Waals surface area contributed by atoms with Gasteiger partial charge >= 0.3 is 6.01 Å². The smallest absolute Gasteiger partial charge is 0.316 e. The molecule has 3 heterocycles. The van der Waals surface area contributed by atoms with Gasteiger partial charge in [-0.15, -0.1) is 0 Å². The van der Waals surface area contributed by atoms with E-state index in [2.05, 4.69) is 19.8 Å². The monoisotopic (exact) mass is 366 g/mol. The highest BCUT2D eigenvalue weighted by atomic mass is 16.5. The summed E-state index contributed by atoms with van der Waals surface area (Å²) in [7, 11) is 1.55. The number of hydrogen-bond donors (Lipinski definition) is 0. The molecule has 2 aliphatic heterocycles. The van der Waals surface area contributed by atoms with Gasteiger partial charge in [-0.25, -0.2) is 9.97 Å². The van der Waals surface area contributed by atoms with Crippen molar-refractivity contribution in [3.8, 4) is 17.1 Å². The summed E-state index contributed by atoms with van der Waals surface area (Å²) in [5.74, 6) is 0.147. The number of carbonyl (C=O) groups excluding carboxylic acids is 1. The van der Waals surface area contributed by atoms with Gasteiger partial charge in [0, 0.05) is 42.7 Å². The Balaban J connectivity index is 1.44. The van der Waals surface area contributed by atoms with Gasteiger partial charge in [-0.05, 0) is 56.5 Å². The second-order valence-electron chi connectivity index (χ2n) is 7.34. The second kappa shape index (κ2) is 8.05. The summed E-state index contributed by atoms with van der Waals surface area (Å²) in [6, 6.07) is 8.45. The normalized spacial score (nSPS) is 20.2. The van der Waals surface area contributed by atoms with Crippen molar-refractivity contribution in [2.24, 2.45) is 0 Å². The van der Waals surface area contributed by atoms with Crippen LogP contribution < -0.4 is 4.74 Å². The first-order chi connectivity index (χ1) is 13.2. The van der Waals surface area contributed by atoms with Crippen LogP contribution in [0.15, 0.2) is 36.7 Å². The number of hydrogen-bond acceptors (Lipinski definition) is 5. The van der Waals surface area contributed by atoms with E-state index < -0.39 is 0 Å². The second-order valence-corrected chi connectivity index (χ2v) is 7.34. The Morgan fingerprint density at radius 2 is 1.74 bits per heavy atom. The van der Waals surface area contributed by atoms with Gasteiger partial charge < -0.3 is 14.5 Å². The molecule has 0 N–H and O–H groups in total. The van der Waals surface area contributed by atoms with Gasteiger partial charge in [0.1, 0.15) is 0 Å². The van der Waals surface area contributed by atoms with Crippen LogP contribution in [0.1, 0.15) is 36.0 Å². The van der Waals surface area contributed by atoms with Gasteiger partial charge in [-0.1, -0.05) is 12.1 Å². The third-order valence-corrected chi connectivity index (χ3v) is 5.58. The van der Waals surface area contributed by atoms with Crippen molar-refractivity contribution >= 4 is 5.91 Å². The van der Waals surface area contributed by atoms with E-state index in [1.807, 2.05) is 24.3 Å². The Kier molecular flexibility index (Phi) is 5.34. The van der Waals surface area contributed by atoms with Crippen LogP contribution in [0.2, 0.25) is 0 Å². The van der Waals surface area contributed by atoms with Crippen molar-refractivity contribution in [3.05, 3.63) is 42.2 Å². The Bertz CT molecular complexity index is 770. The minimum atomic E-state index is 0.147. The molecule has 6 nitrogen and oxygen atoms in total. The molecule has 0 aliphatic carbocycles. The number of ether oxygens (including phenoxy) is 1. The molecule has 1 aromatic carbocycles. The summed E-state index contributed by atoms with van der Waals surface area (Å²) in [4.78, 5) is 25.9. The highest BCUT2D eigenvalue weighted by Crippen LogP contribution is 2.24. The Morgan fingerprint density at radius 3 is 2.41 bits per heavy atom. The predicted octanol–water partition coefficient (Wildman–Crippen LogP) is 2.85. The number of aromatic nitrogens is 2. The molecule has 1 aromatic heterocycles.